The van der Waals surface area contributed by atoms with Crippen LogP contribution in [0.4, 0.5) is 0 Å². The van der Waals surface area contributed by atoms with Gasteiger partial charge < -0.3 is 10.0 Å². The number of aliphatic carboxylic acids is 1. The van der Waals surface area contributed by atoms with Crippen LogP contribution in [0.25, 0.3) is 0 Å². The van der Waals surface area contributed by atoms with Gasteiger partial charge in [-0.2, -0.15) is 0 Å². The molecule has 1 N–H and O–H groups in total. The summed E-state index contributed by atoms with van der Waals surface area (Å²) in [6, 6.07) is 0. The van der Waals surface area contributed by atoms with Crippen LogP contribution in [0.1, 0.15) is 48.5 Å². The number of nitrogens with zero attached hydrogens (tertiary/aromatic N) is 3. The van der Waals surface area contributed by atoms with Crippen molar-refractivity contribution in [1.82, 2.24) is 14.5 Å². The molecular weight excluding hydrogens is 278 g/mol. The van der Waals surface area contributed by atoms with Crippen LogP contribution in [-0.4, -0.2) is 44.6 Å². The minimum atomic E-state index is -0.798. The van der Waals surface area contributed by atoms with Crippen molar-refractivity contribution in [2.24, 2.45) is 5.41 Å². The molecule has 1 saturated heterocycles. The Morgan fingerprint density at radius 3 is 2.80 bits per heavy atom. The van der Waals surface area contributed by atoms with E-state index in [1.807, 2.05) is 13.8 Å². The minimum Gasteiger partial charge on any atom is -0.481 e. The third kappa shape index (κ3) is 2.54. The Labute approximate surface area is 122 Å². The van der Waals surface area contributed by atoms with Crippen LogP contribution in [-0.2, 0) is 11.2 Å². The van der Waals surface area contributed by atoms with Gasteiger partial charge in [0.25, 0.3) is 5.91 Å². The van der Waals surface area contributed by atoms with Crippen LogP contribution < -0.4 is 0 Å². The molecule has 1 atom stereocenters. The lowest BCUT2D eigenvalue weighted by molar-refractivity contribution is -0.148. The van der Waals surface area contributed by atoms with Gasteiger partial charge in [0.05, 0.1) is 11.1 Å². The Balaban J connectivity index is 2.16. The fourth-order valence-electron chi connectivity index (χ4n) is 2.76. The average Bonchev–Trinajstić information content (AvgIpc) is 3.05. The summed E-state index contributed by atoms with van der Waals surface area (Å²) in [5.74, 6) is -0.927. The lowest BCUT2D eigenvalue weighted by Gasteiger charge is -2.24. The summed E-state index contributed by atoms with van der Waals surface area (Å²) in [7, 11) is 0. The molecule has 6 nitrogen and oxygen atoms in total. The van der Waals surface area contributed by atoms with E-state index in [1.165, 1.54) is 0 Å². The molecule has 0 bridgehead atoms. The van der Waals surface area contributed by atoms with Crippen molar-refractivity contribution in [3.8, 4) is 0 Å². The largest absolute Gasteiger partial charge is 0.481 e. The van der Waals surface area contributed by atoms with Crippen LogP contribution >= 0.6 is 11.5 Å². The Bertz CT molecular complexity index is 517. The molecule has 20 heavy (non-hydrogen) atoms. The smallest absolute Gasteiger partial charge is 0.311 e. The van der Waals surface area contributed by atoms with E-state index >= 15 is 0 Å². The monoisotopic (exact) mass is 297 g/mol. The third-order valence-electron chi connectivity index (χ3n) is 3.91. The van der Waals surface area contributed by atoms with E-state index in [4.69, 9.17) is 0 Å². The van der Waals surface area contributed by atoms with Gasteiger partial charge in [-0.05, 0) is 30.8 Å². The van der Waals surface area contributed by atoms with Gasteiger partial charge in [-0.25, -0.2) is 0 Å². The summed E-state index contributed by atoms with van der Waals surface area (Å²) in [4.78, 5) is 26.2. The van der Waals surface area contributed by atoms with Gasteiger partial charge in [0.1, 0.15) is 4.88 Å². The molecular formula is C13H19N3O3S. The Hall–Kier alpha value is -1.50. The summed E-state index contributed by atoms with van der Waals surface area (Å²) >= 11 is 1.09. The van der Waals surface area contributed by atoms with Crippen LogP contribution in [0.5, 0.6) is 0 Å². The van der Waals surface area contributed by atoms with Crippen LogP contribution in [0, 0.1) is 5.41 Å². The number of amides is 1. The van der Waals surface area contributed by atoms with Crippen molar-refractivity contribution in [3.63, 3.8) is 0 Å². The maximum Gasteiger partial charge on any atom is 0.311 e. The van der Waals surface area contributed by atoms with Crippen molar-refractivity contribution >= 4 is 23.4 Å². The molecule has 2 rings (SSSR count). The zero-order valence-electron chi connectivity index (χ0n) is 11.8. The fourth-order valence-corrected chi connectivity index (χ4v) is 3.47. The highest BCUT2D eigenvalue weighted by molar-refractivity contribution is 7.08. The molecule has 1 aliphatic rings. The van der Waals surface area contributed by atoms with Gasteiger partial charge in [-0.3, -0.25) is 9.59 Å². The lowest BCUT2D eigenvalue weighted by atomic mass is 9.83. The summed E-state index contributed by atoms with van der Waals surface area (Å²) in [6.07, 6.45) is 2.59. The lowest BCUT2D eigenvalue weighted by Crippen LogP contribution is -2.37. The number of carboxylic acid groups (broad SMARTS) is 1. The number of carboxylic acids is 1. The van der Waals surface area contributed by atoms with Crippen molar-refractivity contribution in [2.45, 2.75) is 39.5 Å². The molecule has 0 radical (unpaired) electrons. The van der Waals surface area contributed by atoms with Crippen molar-refractivity contribution in [2.75, 3.05) is 13.1 Å². The predicted molar refractivity (Wildman–Crippen MR) is 74.8 cm³/mol. The van der Waals surface area contributed by atoms with Gasteiger partial charge in [-0.1, -0.05) is 24.8 Å². The number of aryl methyl sites for hydroxylation is 1. The summed E-state index contributed by atoms with van der Waals surface area (Å²) in [5.41, 5.74) is -0.0853. The molecule has 1 aliphatic heterocycles. The first-order valence-corrected chi connectivity index (χ1v) is 7.65. The van der Waals surface area contributed by atoms with Gasteiger partial charge in [0, 0.05) is 13.1 Å². The second-order valence-electron chi connectivity index (χ2n) is 5.21. The number of likely N-dealkylation sites (tertiary alicyclic amines) is 1. The predicted octanol–water partition coefficient (Wildman–Crippen LogP) is 1.82. The van der Waals surface area contributed by atoms with Gasteiger partial charge in [0.15, 0.2) is 0 Å². The van der Waals surface area contributed by atoms with E-state index in [1.54, 1.807) is 4.90 Å². The van der Waals surface area contributed by atoms with Gasteiger partial charge in [0.2, 0.25) is 0 Å². The van der Waals surface area contributed by atoms with Crippen LogP contribution in [0.3, 0.4) is 0 Å². The second-order valence-corrected chi connectivity index (χ2v) is 5.97. The van der Waals surface area contributed by atoms with E-state index in [9.17, 15) is 14.7 Å². The fraction of sp³-hybridized carbons (Fsp3) is 0.692. The first kappa shape index (κ1) is 14.9. The zero-order valence-corrected chi connectivity index (χ0v) is 12.6. The van der Waals surface area contributed by atoms with E-state index in [0.717, 1.165) is 18.0 Å². The van der Waals surface area contributed by atoms with E-state index in [0.29, 0.717) is 36.4 Å². The summed E-state index contributed by atoms with van der Waals surface area (Å²) in [5, 5.41) is 13.4. The Morgan fingerprint density at radius 2 is 2.20 bits per heavy atom. The number of aromatic nitrogens is 2. The standard InChI is InChI=1S/C13H19N3O3S/c1-3-5-13(12(18)19)6-7-16(8-13)11(17)10-9(4-2)14-15-20-10/h3-8H2,1-2H3,(H,18,19). The quantitative estimate of drug-likeness (QED) is 0.896. The SMILES string of the molecule is CCCC1(C(=O)O)CCN(C(=O)c2snnc2CC)C1. The maximum atomic E-state index is 12.5. The average molecular weight is 297 g/mol. The molecule has 0 aromatic carbocycles. The van der Waals surface area contributed by atoms with Gasteiger partial charge in [-0.15, -0.1) is 5.10 Å². The molecule has 0 aliphatic carbocycles. The molecule has 1 unspecified atom stereocenters. The maximum absolute atomic E-state index is 12.5. The van der Waals surface area contributed by atoms with Crippen LogP contribution in [0.2, 0.25) is 0 Å². The summed E-state index contributed by atoms with van der Waals surface area (Å²) < 4.78 is 3.82. The Kier molecular flexibility index (Phi) is 4.37. The molecule has 1 amide bonds. The Morgan fingerprint density at radius 1 is 1.45 bits per heavy atom. The highest BCUT2D eigenvalue weighted by Crippen LogP contribution is 2.36. The molecule has 1 aromatic rings. The van der Waals surface area contributed by atoms with E-state index in [-0.39, 0.29) is 12.5 Å². The molecule has 1 aromatic heterocycles. The number of hydrogen-bond acceptors (Lipinski definition) is 5. The molecule has 2 heterocycles. The minimum absolute atomic E-state index is 0.129. The van der Waals surface area contributed by atoms with Crippen molar-refractivity contribution in [1.29, 1.82) is 0 Å². The van der Waals surface area contributed by atoms with E-state index < -0.39 is 11.4 Å². The topological polar surface area (TPSA) is 83.4 Å². The molecule has 7 heteroatoms. The third-order valence-corrected chi connectivity index (χ3v) is 4.66. The number of carbonyl (C=O) groups excluding carboxylic acids is 1. The number of hydrogen-bond donors (Lipinski definition) is 1. The number of rotatable bonds is 5. The number of carbonyl (C=O) groups is 2. The molecule has 0 saturated carbocycles. The summed E-state index contributed by atoms with van der Waals surface area (Å²) in [6.45, 7) is 4.68. The van der Waals surface area contributed by atoms with Crippen molar-refractivity contribution < 1.29 is 14.7 Å². The van der Waals surface area contributed by atoms with Crippen LogP contribution in [0.15, 0.2) is 0 Å². The van der Waals surface area contributed by atoms with E-state index in [2.05, 4.69) is 9.59 Å². The highest BCUT2D eigenvalue weighted by atomic mass is 32.1. The molecule has 110 valence electrons. The zero-order chi connectivity index (χ0) is 14.8. The first-order valence-electron chi connectivity index (χ1n) is 6.88. The second kappa shape index (κ2) is 5.87. The highest BCUT2D eigenvalue weighted by Gasteiger charge is 2.45. The normalized spacial score (nSPS) is 22.2. The van der Waals surface area contributed by atoms with Crippen molar-refractivity contribution in [3.05, 3.63) is 10.6 Å². The van der Waals surface area contributed by atoms with Gasteiger partial charge >= 0.3 is 5.97 Å². The first-order chi connectivity index (χ1) is 9.54. The molecule has 0 spiro atoms. The molecule has 1 fully saturated rings.